The van der Waals surface area contributed by atoms with E-state index in [-0.39, 0.29) is 71.5 Å². The van der Waals surface area contributed by atoms with Crippen molar-refractivity contribution in [3.05, 3.63) is 132 Å². The van der Waals surface area contributed by atoms with E-state index in [0.717, 1.165) is 165 Å². The van der Waals surface area contributed by atoms with E-state index in [4.69, 9.17) is 48.9 Å². The fourth-order valence-corrected chi connectivity index (χ4v) is 16.6. The van der Waals surface area contributed by atoms with Crippen LogP contribution < -0.4 is 21.3 Å². The molecule has 8 N–H and O–H groups in total. The van der Waals surface area contributed by atoms with E-state index in [1.807, 2.05) is 107 Å². The van der Waals surface area contributed by atoms with Crippen LogP contribution in [0.15, 0.2) is 108 Å². The second kappa shape index (κ2) is 35.2. The summed E-state index contributed by atoms with van der Waals surface area (Å²) in [4.78, 5) is 152. The molecule has 30 nitrogen and oxygen atoms in total. The van der Waals surface area contributed by atoms with Crippen LogP contribution in [0.25, 0.3) is 67.3 Å². The van der Waals surface area contributed by atoms with Crippen molar-refractivity contribution in [2.24, 2.45) is 33.7 Å². The Bertz CT molecular complexity index is 4980. The first-order valence-electron chi connectivity index (χ1n) is 39.8. The van der Waals surface area contributed by atoms with Crippen LogP contribution in [0.1, 0.15) is 172 Å². The van der Waals surface area contributed by atoms with Gasteiger partial charge in [-0.2, -0.15) is 0 Å². The van der Waals surface area contributed by atoms with Gasteiger partial charge in [-0.05, 0) is 126 Å². The molecule has 0 aliphatic carbocycles. The number of H-pyrrole nitrogens is 4. The third kappa shape index (κ3) is 17.1. The molecule has 14 rings (SSSR count). The van der Waals surface area contributed by atoms with Crippen molar-refractivity contribution in [1.82, 2.24) is 80.7 Å². The van der Waals surface area contributed by atoms with Gasteiger partial charge in [-0.3, -0.25) is 29.2 Å². The number of methoxy groups -OCH3 is 4. The Kier molecular flexibility index (Phi) is 24.8. The molecule has 8 atom stereocenters. The maximum Gasteiger partial charge on any atom is 0.407 e. The summed E-state index contributed by atoms with van der Waals surface area (Å²) in [6.07, 6.45) is 14.5. The van der Waals surface area contributed by atoms with E-state index < -0.39 is 48.5 Å². The lowest BCUT2D eigenvalue weighted by molar-refractivity contribution is -0.136. The van der Waals surface area contributed by atoms with E-state index >= 15 is 0 Å². The summed E-state index contributed by atoms with van der Waals surface area (Å²) < 4.78 is 19.1. The summed E-state index contributed by atoms with van der Waals surface area (Å²) in [5.74, 6) is 1.80. The number of aliphatic imine (C=N–C) groups is 2. The first-order valence-corrected chi connectivity index (χ1v) is 39.8. The van der Waals surface area contributed by atoms with E-state index in [1.165, 1.54) is 28.4 Å². The molecule has 4 aromatic carbocycles. The number of hydrogen-bond acceptors (Lipinski definition) is 18. The van der Waals surface area contributed by atoms with Crippen molar-refractivity contribution in [2.45, 2.75) is 175 Å². The predicted molar refractivity (Wildman–Crippen MR) is 434 cm³/mol. The topological polar surface area (TPSA) is 374 Å². The molecule has 8 amide bonds. The molecule has 6 aliphatic heterocycles. The number of hydrogen-bond donors (Lipinski definition) is 8. The van der Waals surface area contributed by atoms with E-state index in [0.29, 0.717) is 44.2 Å². The molecule has 30 heteroatoms. The number of aromatic amines is 4. The smallest absolute Gasteiger partial charge is 0.407 e. The Morgan fingerprint density at radius 1 is 0.383 bits per heavy atom. The third-order valence-electron chi connectivity index (χ3n) is 22.8. The highest BCUT2D eigenvalue weighted by Crippen LogP contribution is 2.46. The van der Waals surface area contributed by atoms with Crippen LogP contribution in [0.5, 0.6) is 0 Å². The molecule has 4 aromatic heterocycles. The first kappa shape index (κ1) is 81.0. The van der Waals surface area contributed by atoms with Gasteiger partial charge in [0.25, 0.3) is 0 Å². The first-order chi connectivity index (χ1) is 55.4. The molecule has 0 spiro atoms. The van der Waals surface area contributed by atoms with Crippen LogP contribution >= 0.6 is 0 Å². The molecule has 0 radical (unpaired) electrons. The highest BCUT2D eigenvalue weighted by Gasteiger charge is 2.43. The summed E-state index contributed by atoms with van der Waals surface area (Å²) in [6.45, 7) is 19.6. The summed E-state index contributed by atoms with van der Waals surface area (Å²) in [5.41, 5.74) is 16.6. The largest absolute Gasteiger partial charge is 0.453 e. The van der Waals surface area contributed by atoms with Crippen LogP contribution in [-0.4, -0.2) is 198 Å². The van der Waals surface area contributed by atoms with Crippen molar-refractivity contribution in [1.29, 1.82) is 0 Å². The van der Waals surface area contributed by atoms with Crippen molar-refractivity contribution in [3.63, 3.8) is 0 Å². The molecule has 6 aliphatic rings. The Balaban J connectivity index is 0.000000200. The number of aromatic nitrogens is 8. The van der Waals surface area contributed by atoms with Gasteiger partial charge < -0.3 is 79.8 Å². The normalized spacial score (nSPS) is 18.6. The molecule has 4 fully saturated rings. The minimum Gasteiger partial charge on any atom is -0.453 e. The fraction of sp³-hybridized carbons (Fsp3) is 0.459. The highest BCUT2D eigenvalue weighted by atomic mass is 16.5. The molecular formula is C85H104N18O12. The van der Waals surface area contributed by atoms with Crippen LogP contribution in [0.2, 0.25) is 0 Å². The quantitative estimate of drug-likeness (QED) is 0.0292. The molecular weight excluding hydrogens is 1470 g/mol. The van der Waals surface area contributed by atoms with Crippen molar-refractivity contribution >= 4 is 71.3 Å². The van der Waals surface area contributed by atoms with Gasteiger partial charge in [0.05, 0.1) is 112 Å². The van der Waals surface area contributed by atoms with Gasteiger partial charge in [0.15, 0.2) is 0 Å². The van der Waals surface area contributed by atoms with Crippen LogP contribution in [-0.2, 0) is 51.0 Å². The number of nitrogens with zero attached hydrogens (tertiary/aromatic N) is 10. The highest BCUT2D eigenvalue weighted by molar-refractivity contribution is 6.00. The zero-order valence-electron chi connectivity index (χ0n) is 67.5. The number of nitrogens with one attached hydrogen (secondary N) is 8. The average molecular weight is 1570 g/mol. The predicted octanol–water partition coefficient (Wildman–Crippen LogP) is 13.4. The standard InChI is InChI=1S/C43H53N9O6.C42H51N9O6/c1-23(2)35(49-42(55)57-6)40(53)51-18-8-10-33(51)38-44-21-31(47-38)27-14-12-26(13-15-27)28-16-17-29(37-30(28)20-25(5)46-37)32-22-45-39(48-32)34-11-9-19-52(34)41(54)36(24(3)4)50-43(56)58-7;1-23(2)34(48-41(54)56-5)39(52)50-19-7-9-32(50)37-44-21-30(46-37)26-13-11-25(12-14-26)27-15-16-29(36-28(27)17-18-43-36)31-22-45-38(47-31)33-10-8-20-51(33)40(53)35(24(3)4)49-42(55)57-6/h12-17,21-24,33-36H,8-11,18-20H2,1-7H3,(H,44,47)(H,45,48)(H,49,55)(H,50,56);11-16,18,21-24,32-35H,7-10,17,19-20H2,1-6H3,(H,44,46)(H,45,47)(H,48,54)(H,49,55)/t33-,34-,35-,36-;32-,33-,34-,35-/m00/s1. The lowest BCUT2D eigenvalue weighted by atomic mass is 9.93. The molecule has 606 valence electrons. The minimum absolute atomic E-state index is 0.111. The van der Waals surface area contributed by atoms with Crippen molar-refractivity contribution in [2.75, 3.05) is 54.6 Å². The second-order valence-electron chi connectivity index (χ2n) is 31.6. The lowest BCUT2D eigenvalue weighted by Crippen LogP contribution is -2.51. The molecule has 8 aromatic rings. The maximum atomic E-state index is 13.7. The Hall–Kier alpha value is -12.0. The Morgan fingerprint density at radius 2 is 0.670 bits per heavy atom. The number of ether oxygens (including phenoxy) is 4. The Morgan fingerprint density at radius 3 is 0.991 bits per heavy atom. The summed E-state index contributed by atoms with van der Waals surface area (Å²) in [7, 11) is 5.16. The summed E-state index contributed by atoms with van der Waals surface area (Å²) in [5, 5.41) is 10.8. The molecule has 4 saturated heterocycles. The molecule has 10 heterocycles. The van der Waals surface area contributed by atoms with Crippen LogP contribution in [0.3, 0.4) is 0 Å². The van der Waals surface area contributed by atoms with Gasteiger partial charge in [0.1, 0.15) is 47.5 Å². The van der Waals surface area contributed by atoms with Gasteiger partial charge in [0.2, 0.25) is 23.6 Å². The number of likely N-dealkylation sites (tertiary alicyclic amines) is 4. The van der Waals surface area contributed by atoms with Crippen LogP contribution in [0.4, 0.5) is 30.6 Å². The lowest BCUT2D eigenvalue weighted by Gasteiger charge is -2.30. The number of carbonyl (C=O) groups is 8. The van der Waals surface area contributed by atoms with Gasteiger partial charge in [0, 0.05) is 62.1 Å². The van der Waals surface area contributed by atoms with Gasteiger partial charge in [-0.15, -0.1) is 0 Å². The van der Waals surface area contributed by atoms with Gasteiger partial charge >= 0.3 is 24.4 Å². The number of imidazole rings is 4. The van der Waals surface area contributed by atoms with Crippen molar-refractivity contribution in [3.8, 4) is 67.3 Å². The van der Waals surface area contributed by atoms with E-state index in [2.05, 4.69) is 114 Å². The van der Waals surface area contributed by atoms with Crippen LogP contribution in [0, 0.1) is 23.7 Å². The fourth-order valence-electron chi connectivity index (χ4n) is 16.6. The second-order valence-corrected chi connectivity index (χ2v) is 31.6. The zero-order chi connectivity index (χ0) is 81.6. The van der Waals surface area contributed by atoms with Crippen molar-refractivity contribution < 1.29 is 57.3 Å². The number of rotatable bonds is 22. The minimum atomic E-state index is -0.705. The molecule has 115 heavy (non-hydrogen) atoms. The molecule has 0 unspecified atom stereocenters. The number of amides is 8. The van der Waals surface area contributed by atoms with E-state index in [9.17, 15) is 38.4 Å². The third-order valence-corrected chi connectivity index (χ3v) is 22.8. The monoisotopic (exact) mass is 1570 g/mol. The van der Waals surface area contributed by atoms with Gasteiger partial charge in [-0.25, -0.2) is 39.1 Å². The summed E-state index contributed by atoms with van der Waals surface area (Å²) >= 11 is 0. The number of carbonyl (C=O) groups excluding carboxylic acids is 8. The number of benzene rings is 4. The molecule has 0 saturated carbocycles. The molecule has 0 bridgehead atoms. The zero-order valence-corrected chi connectivity index (χ0v) is 67.5. The average Bonchev–Trinajstić information content (AvgIpc) is 1.70. The van der Waals surface area contributed by atoms with E-state index in [1.54, 1.807) is 6.20 Å². The number of alkyl carbamates (subject to hydrolysis) is 4. The van der Waals surface area contributed by atoms with Gasteiger partial charge in [-0.1, -0.05) is 128 Å². The maximum absolute atomic E-state index is 13.7. The SMILES string of the molecule is COC(=O)N[C@H](C(=O)N1CCC[C@H]1c1ncc(-c2ccc(-c3ccc(-c4cnc([C@@H]5CCCN5C(=O)[C@@H](NC(=O)OC)C(C)C)[nH]4)c4c3CC(C)=N4)cc2)[nH]1)C(C)C.COC(=O)N[C@H](C(=O)N1CCC[C@H]1c1ncc(-c2ccc(-c3ccc(-c4cnc([C@@H]5CCCN5C(=O)[C@@H](NC(=O)OC)C(C)C)[nH]4)c4c3CC=N4)cc2)[nH]1)C(C)C. The summed E-state index contributed by atoms with van der Waals surface area (Å²) in [6, 6.07) is 21.4. The Labute approximate surface area is 668 Å². The number of fused-ring (bicyclic) bond motifs is 2.